The summed E-state index contributed by atoms with van der Waals surface area (Å²) >= 11 is 0. The Morgan fingerprint density at radius 3 is 2.23 bits per heavy atom. The van der Waals surface area contributed by atoms with Crippen LogP contribution >= 0.6 is 0 Å². The molecular weight excluding hydrogens is 298 g/mol. The van der Waals surface area contributed by atoms with Gasteiger partial charge in [-0.25, -0.2) is 9.59 Å². The lowest BCUT2D eigenvalue weighted by Crippen LogP contribution is -2.18. The van der Waals surface area contributed by atoms with Crippen molar-refractivity contribution in [1.29, 1.82) is 0 Å². The van der Waals surface area contributed by atoms with Crippen molar-refractivity contribution < 1.29 is 32.6 Å². The molecule has 0 N–H and O–H groups in total. The van der Waals surface area contributed by atoms with E-state index in [4.69, 9.17) is 9.47 Å². The lowest BCUT2D eigenvalue weighted by Gasteiger charge is -2.08. The number of carbonyl (C=O) groups is 2. The summed E-state index contributed by atoms with van der Waals surface area (Å²) in [6, 6.07) is 5.58. The lowest BCUT2D eigenvalue weighted by atomic mass is 10.1. The maximum absolute atomic E-state index is 12.2. The number of ether oxygens (including phenoxy) is 3. The Labute approximate surface area is 126 Å². The van der Waals surface area contributed by atoms with Gasteiger partial charge in [-0.15, -0.1) is 0 Å². The molecule has 1 aromatic rings. The van der Waals surface area contributed by atoms with Gasteiger partial charge in [-0.1, -0.05) is 12.1 Å². The van der Waals surface area contributed by atoms with Crippen LogP contribution in [0.1, 0.15) is 19.4 Å². The van der Waals surface area contributed by atoms with E-state index in [1.54, 1.807) is 13.8 Å². The predicted molar refractivity (Wildman–Crippen MR) is 74.3 cm³/mol. The van der Waals surface area contributed by atoms with Gasteiger partial charge in [0.15, 0.2) is 0 Å². The Kier molecular flexibility index (Phi) is 7.01. The van der Waals surface area contributed by atoms with Crippen LogP contribution in [0.25, 0.3) is 6.08 Å². The fraction of sp³-hybridized carbons (Fsp3) is 0.333. The maximum Gasteiger partial charge on any atom is 0.387 e. The minimum Gasteiger partial charge on any atom is -0.462 e. The lowest BCUT2D eigenvalue weighted by molar-refractivity contribution is -0.146. The van der Waals surface area contributed by atoms with Crippen LogP contribution in [0.3, 0.4) is 0 Å². The fourth-order valence-electron chi connectivity index (χ4n) is 1.57. The summed E-state index contributed by atoms with van der Waals surface area (Å²) in [4.78, 5) is 23.6. The third-order valence-corrected chi connectivity index (χ3v) is 2.38. The van der Waals surface area contributed by atoms with E-state index < -0.39 is 18.6 Å². The van der Waals surface area contributed by atoms with Gasteiger partial charge in [-0.05, 0) is 37.6 Å². The zero-order valence-corrected chi connectivity index (χ0v) is 12.2. The summed E-state index contributed by atoms with van der Waals surface area (Å²) in [6.07, 6.45) is 1.20. The summed E-state index contributed by atoms with van der Waals surface area (Å²) in [5.74, 6) is -1.78. The Bertz CT molecular complexity index is 535. The molecule has 0 aromatic heterocycles. The number of rotatable bonds is 7. The first-order chi connectivity index (χ1) is 10.5. The summed E-state index contributed by atoms with van der Waals surface area (Å²) in [5.41, 5.74) is 0.00662. The molecule has 0 radical (unpaired) electrons. The number of benzene rings is 1. The minimum atomic E-state index is -2.96. The van der Waals surface area contributed by atoms with Crippen molar-refractivity contribution in [2.75, 3.05) is 13.2 Å². The standard InChI is InChI=1S/C15H16F2O5/c1-3-20-13(18)12(14(19)21-4-2)9-10-6-5-7-11(8-10)22-15(16)17/h5-9,15H,3-4H2,1-2H3. The number of hydrogen-bond donors (Lipinski definition) is 0. The zero-order valence-electron chi connectivity index (χ0n) is 12.2. The first-order valence-electron chi connectivity index (χ1n) is 6.58. The minimum absolute atomic E-state index is 0.0872. The van der Waals surface area contributed by atoms with Crippen molar-refractivity contribution in [3.05, 3.63) is 35.4 Å². The van der Waals surface area contributed by atoms with Gasteiger partial charge in [-0.2, -0.15) is 8.78 Å². The van der Waals surface area contributed by atoms with Gasteiger partial charge < -0.3 is 14.2 Å². The molecule has 5 nitrogen and oxygen atoms in total. The molecule has 0 spiro atoms. The third-order valence-electron chi connectivity index (χ3n) is 2.38. The van der Waals surface area contributed by atoms with Gasteiger partial charge in [0.2, 0.25) is 0 Å². The smallest absolute Gasteiger partial charge is 0.387 e. The van der Waals surface area contributed by atoms with Gasteiger partial charge in [0.05, 0.1) is 13.2 Å². The van der Waals surface area contributed by atoms with E-state index in [0.717, 1.165) is 0 Å². The number of esters is 2. The summed E-state index contributed by atoms with van der Waals surface area (Å²) in [5, 5.41) is 0. The van der Waals surface area contributed by atoms with E-state index in [2.05, 4.69) is 4.74 Å². The van der Waals surface area contributed by atoms with Gasteiger partial charge >= 0.3 is 18.6 Å². The summed E-state index contributed by atoms with van der Waals surface area (Å²) in [6.45, 7) is 0.401. The molecule has 0 saturated heterocycles. The first kappa shape index (κ1) is 17.6. The van der Waals surface area contributed by atoms with Gasteiger partial charge in [0.1, 0.15) is 11.3 Å². The molecular formula is C15H16F2O5. The Hall–Kier alpha value is -2.44. The second kappa shape index (κ2) is 8.76. The van der Waals surface area contributed by atoms with Gasteiger partial charge in [0.25, 0.3) is 0 Å². The number of hydrogen-bond acceptors (Lipinski definition) is 5. The van der Waals surface area contributed by atoms with Crippen LogP contribution in [0.4, 0.5) is 8.78 Å². The number of alkyl halides is 2. The highest BCUT2D eigenvalue weighted by atomic mass is 19.3. The molecule has 0 saturated carbocycles. The van der Waals surface area contributed by atoms with Crippen LogP contribution in [0.15, 0.2) is 29.8 Å². The van der Waals surface area contributed by atoms with E-state index in [1.165, 1.54) is 30.3 Å². The SMILES string of the molecule is CCOC(=O)C(=Cc1cccc(OC(F)F)c1)C(=O)OCC. The second-order valence-corrected chi connectivity index (χ2v) is 3.95. The van der Waals surface area contributed by atoms with Crippen LogP contribution in [0.5, 0.6) is 5.75 Å². The van der Waals surface area contributed by atoms with E-state index in [-0.39, 0.29) is 24.5 Å². The molecule has 22 heavy (non-hydrogen) atoms. The highest BCUT2D eigenvalue weighted by Crippen LogP contribution is 2.18. The molecule has 1 aromatic carbocycles. The molecule has 120 valence electrons. The van der Waals surface area contributed by atoms with Crippen molar-refractivity contribution >= 4 is 18.0 Å². The molecule has 0 aliphatic carbocycles. The van der Waals surface area contributed by atoms with Crippen molar-refractivity contribution in [2.45, 2.75) is 20.5 Å². The van der Waals surface area contributed by atoms with Crippen LogP contribution in [0.2, 0.25) is 0 Å². The maximum atomic E-state index is 12.2. The molecule has 0 bridgehead atoms. The second-order valence-electron chi connectivity index (χ2n) is 3.95. The first-order valence-corrected chi connectivity index (χ1v) is 6.58. The van der Waals surface area contributed by atoms with Gasteiger partial charge in [0, 0.05) is 0 Å². The van der Waals surface area contributed by atoms with Crippen LogP contribution in [-0.2, 0) is 19.1 Å². The van der Waals surface area contributed by atoms with E-state index >= 15 is 0 Å². The molecule has 0 amide bonds. The molecule has 0 aliphatic heterocycles. The van der Waals surface area contributed by atoms with Gasteiger partial charge in [-0.3, -0.25) is 0 Å². The van der Waals surface area contributed by atoms with Crippen molar-refractivity contribution in [1.82, 2.24) is 0 Å². The Balaban J connectivity index is 3.09. The molecule has 0 heterocycles. The molecule has 0 fully saturated rings. The predicted octanol–water partition coefficient (Wildman–Crippen LogP) is 2.80. The molecule has 1 rings (SSSR count). The topological polar surface area (TPSA) is 61.8 Å². The van der Waals surface area contributed by atoms with E-state index in [1.807, 2.05) is 0 Å². The molecule has 0 atom stereocenters. The number of halogens is 2. The van der Waals surface area contributed by atoms with Crippen molar-refractivity contribution in [3.8, 4) is 5.75 Å². The molecule has 7 heteroatoms. The van der Waals surface area contributed by atoms with Crippen LogP contribution in [-0.4, -0.2) is 31.8 Å². The zero-order chi connectivity index (χ0) is 16.5. The summed E-state index contributed by atoms with van der Waals surface area (Å²) < 4.78 is 38.2. The largest absolute Gasteiger partial charge is 0.462 e. The molecule has 0 unspecified atom stereocenters. The van der Waals surface area contributed by atoms with E-state index in [0.29, 0.717) is 5.56 Å². The fourth-order valence-corrected chi connectivity index (χ4v) is 1.57. The Morgan fingerprint density at radius 2 is 1.73 bits per heavy atom. The van der Waals surface area contributed by atoms with Crippen LogP contribution in [0, 0.1) is 0 Å². The van der Waals surface area contributed by atoms with E-state index in [9.17, 15) is 18.4 Å². The summed E-state index contributed by atoms with van der Waals surface area (Å²) in [7, 11) is 0. The average Bonchev–Trinajstić information content (AvgIpc) is 2.45. The monoisotopic (exact) mass is 314 g/mol. The quantitative estimate of drug-likeness (QED) is 0.335. The van der Waals surface area contributed by atoms with Crippen molar-refractivity contribution in [3.63, 3.8) is 0 Å². The van der Waals surface area contributed by atoms with Crippen molar-refractivity contribution in [2.24, 2.45) is 0 Å². The highest BCUT2D eigenvalue weighted by molar-refractivity contribution is 6.17. The highest BCUT2D eigenvalue weighted by Gasteiger charge is 2.21. The third kappa shape index (κ3) is 5.51. The van der Waals surface area contributed by atoms with Crippen LogP contribution < -0.4 is 4.74 Å². The molecule has 0 aliphatic rings. The normalized spacial score (nSPS) is 10.0. The average molecular weight is 314 g/mol. The Morgan fingerprint density at radius 1 is 1.14 bits per heavy atom. The number of carbonyl (C=O) groups excluding carboxylic acids is 2.